The Bertz CT molecular complexity index is 377. The molecule has 0 unspecified atom stereocenters. The molecule has 0 aromatic carbocycles. The SMILES string of the molecule is CCNC(=O)c1ncccc1C(=O)CN. The molecule has 0 radical (unpaired) electrons. The number of hydrogen-bond donors (Lipinski definition) is 2. The van der Waals surface area contributed by atoms with Crippen molar-refractivity contribution in [1.82, 2.24) is 10.3 Å². The van der Waals surface area contributed by atoms with Crippen molar-refractivity contribution in [2.24, 2.45) is 5.73 Å². The van der Waals surface area contributed by atoms with E-state index in [9.17, 15) is 9.59 Å². The van der Waals surface area contributed by atoms with Crippen LogP contribution in [0.2, 0.25) is 0 Å². The van der Waals surface area contributed by atoms with Crippen LogP contribution < -0.4 is 11.1 Å². The monoisotopic (exact) mass is 207 g/mol. The van der Waals surface area contributed by atoms with Crippen molar-refractivity contribution < 1.29 is 9.59 Å². The average Bonchev–Trinajstić information content (AvgIpc) is 2.28. The van der Waals surface area contributed by atoms with Gasteiger partial charge in [-0.05, 0) is 19.1 Å². The first-order valence-electron chi connectivity index (χ1n) is 4.67. The van der Waals surface area contributed by atoms with Crippen LogP contribution in [0, 0.1) is 0 Å². The van der Waals surface area contributed by atoms with Crippen LogP contribution in [0.5, 0.6) is 0 Å². The van der Waals surface area contributed by atoms with Crippen molar-refractivity contribution in [3.8, 4) is 0 Å². The summed E-state index contributed by atoms with van der Waals surface area (Å²) in [6, 6.07) is 3.15. The first-order valence-corrected chi connectivity index (χ1v) is 4.67. The lowest BCUT2D eigenvalue weighted by molar-refractivity contribution is 0.0933. The van der Waals surface area contributed by atoms with Crippen LogP contribution >= 0.6 is 0 Å². The molecule has 0 bridgehead atoms. The van der Waals surface area contributed by atoms with Gasteiger partial charge in [0.1, 0.15) is 5.69 Å². The number of rotatable bonds is 4. The van der Waals surface area contributed by atoms with Gasteiger partial charge in [-0.1, -0.05) is 0 Å². The van der Waals surface area contributed by atoms with Crippen molar-refractivity contribution in [2.75, 3.05) is 13.1 Å². The quantitative estimate of drug-likeness (QED) is 0.679. The van der Waals surface area contributed by atoms with Crippen LogP contribution in [0.25, 0.3) is 0 Å². The van der Waals surface area contributed by atoms with Crippen LogP contribution in [0.3, 0.4) is 0 Å². The van der Waals surface area contributed by atoms with E-state index in [1.165, 1.54) is 6.20 Å². The molecule has 1 aromatic rings. The van der Waals surface area contributed by atoms with E-state index in [2.05, 4.69) is 10.3 Å². The predicted molar refractivity (Wildman–Crippen MR) is 55.6 cm³/mol. The van der Waals surface area contributed by atoms with Gasteiger partial charge >= 0.3 is 0 Å². The van der Waals surface area contributed by atoms with Gasteiger partial charge in [-0.15, -0.1) is 0 Å². The lowest BCUT2D eigenvalue weighted by Gasteiger charge is -2.05. The molecule has 0 atom stereocenters. The van der Waals surface area contributed by atoms with Gasteiger partial charge in [0.15, 0.2) is 5.78 Å². The number of amides is 1. The molecule has 5 nitrogen and oxygen atoms in total. The van der Waals surface area contributed by atoms with Crippen LogP contribution in [-0.4, -0.2) is 29.8 Å². The first kappa shape index (κ1) is 11.3. The molecule has 0 saturated heterocycles. The van der Waals surface area contributed by atoms with E-state index < -0.39 is 0 Å². The smallest absolute Gasteiger partial charge is 0.270 e. The van der Waals surface area contributed by atoms with Crippen molar-refractivity contribution >= 4 is 11.7 Å². The van der Waals surface area contributed by atoms with Crippen LogP contribution in [0.1, 0.15) is 27.8 Å². The van der Waals surface area contributed by atoms with Crippen LogP contribution in [-0.2, 0) is 0 Å². The second-order valence-corrected chi connectivity index (χ2v) is 2.89. The van der Waals surface area contributed by atoms with E-state index in [4.69, 9.17) is 5.73 Å². The van der Waals surface area contributed by atoms with Gasteiger partial charge in [0.05, 0.1) is 12.1 Å². The summed E-state index contributed by atoms with van der Waals surface area (Å²) in [6.07, 6.45) is 1.47. The van der Waals surface area contributed by atoms with Gasteiger partial charge in [-0.2, -0.15) is 0 Å². The van der Waals surface area contributed by atoms with Gasteiger partial charge in [-0.3, -0.25) is 14.6 Å². The Morgan fingerprint density at radius 2 is 2.27 bits per heavy atom. The van der Waals surface area contributed by atoms with E-state index in [1.54, 1.807) is 19.1 Å². The number of nitrogens with two attached hydrogens (primary N) is 1. The molecule has 0 saturated carbocycles. The molecule has 1 heterocycles. The molecular weight excluding hydrogens is 194 g/mol. The number of ketones is 1. The standard InChI is InChI=1S/C10H13N3O2/c1-2-12-10(15)9-7(8(14)6-11)4-3-5-13-9/h3-5H,2,6,11H2,1H3,(H,12,15). The van der Waals surface area contributed by atoms with Crippen molar-refractivity contribution in [3.05, 3.63) is 29.6 Å². The number of pyridine rings is 1. The highest BCUT2D eigenvalue weighted by molar-refractivity contribution is 6.07. The summed E-state index contributed by atoms with van der Waals surface area (Å²) in [5.41, 5.74) is 5.64. The molecule has 3 N–H and O–H groups in total. The maximum Gasteiger partial charge on any atom is 0.270 e. The Morgan fingerprint density at radius 3 is 2.87 bits per heavy atom. The lowest BCUT2D eigenvalue weighted by Crippen LogP contribution is -2.27. The largest absolute Gasteiger partial charge is 0.351 e. The summed E-state index contributed by atoms with van der Waals surface area (Å²) in [7, 11) is 0. The highest BCUT2D eigenvalue weighted by Crippen LogP contribution is 2.05. The fraction of sp³-hybridized carbons (Fsp3) is 0.300. The zero-order valence-electron chi connectivity index (χ0n) is 8.49. The second-order valence-electron chi connectivity index (χ2n) is 2.89. The van der Waals surface area contributed by atoms with Crippen molar-refractivity contribution in [1.29, 1.82) is 0 Å². The minimum absolute atomic E-state index is 0.127. The summed E-state index contributed by atoms with van der Waals surface area (Å²) in [5, 5.41) is 2.59. The summed E-state index contributed by atoms with van der Waals surface area (Å²) in [4.78, 5) is 26.8. The third-order valence-corrected chi connectivity index (χ3v) is 1.85. The molecule has 80 valence electrons. The van der Waals surface area contributed by atoms with Gasteiger partial charge in [-0.25, -0.2) is 0 Å². The third kappa shape index (κ3) is 2.60. The minimum atomic E-state index is -0.352. The van der Waals surface area contributed by atoms with Crippen LogP contribution in [0.15, 0.2) is 18.3 Å². The predicted octanol–water partition coefficient (Wildman–Crippen LogP) is -0.0273. The third-order valence-electron chi connectivity index (χ3n) is 1.85. The minimum Gasteiger partial charge on any atom is -0.351 e. The lowest BCUT2D eigenvalue weighted by atomic mass is 10.1. The topological polar surface area (TPSA) is 85.1 Å². The van der Waals surface area contributed by atoms with E-state index in [0.29, 0.717) is 6.54 Å². The summed E-state index contributed by atoms with van der Waals surface area (Å²) >= 11 is 0. The average molecular weight is 207 g/mol. The molecule has 1 amide bonds. The number of Topliss-reactive ketones (excluding diaryl/α,β-unsaturated/α-hetero) is 1. The highest BCUT2D eigenvalue weighted by Gasteiger charge is 2.16. The Kier molecular flexibility index (Phi) is 3.93. The molecule has 15 heavy (non-hydrogen) atoms. The normalized spacial score (nSPS) is 9.73. The molecule has 0 fully saturated rings. The van der Waals surface area contributed by atoms with Crippen LogP contribution in [0.4, 0.5) is 0 Å². The number of carbonyl (C=O) groups is 2. The fourth-order valence-corrected chi connectivity index (χ4v) is 1.17. The summed E-state index contributed by atoms with van der Waals surface area (Å²) < 4.78 is 0. The molecule has 0 spiro atoms. The number of aromatic nitrogens is 1. The Hall–Kier alpha value is -1.75. The first-order chi connectivity index (χ1) is 7.20. The Balaban J connectivity index is 3.06. The molecule has 1 rings (SSSR count). The number of nitrogens with one attached hydrogen (secondary N) is 1. The molecule has 0 aliphatic heterocycles. The van der Waals surface area contributed by atoms with Gasteiger partial charge in [0, 0.05) is 12.7 Å². The highest BCUT2D eigenvalue weighted by atomic mass is 16.2. The molecule has 5 heteroatoms. The van der Waals surface area contributed by atoms with Gasteiger partial charge < -0.3 is 11.1 Å². The Morgan fingerprint density at radius 1 is 1.53 bits per heavy atom. The zero-order valence-corrected chi connectivity index (χ0v) is 8.49. The fourth-order valence-electron chi connectivity index (χ4n) is 1.17. The van der Waals surface area contributed by atoms with E-state index in [1.807, 2.05) is 0 Å². The van der Waals surface area contributed by atoms with Gasteiger partial charge in [0.2, 0.25) is 0 Å². The molecule has 0 aliphatic rings. The number of nitrogens with zero attached hydrogens (tertiary/aromatic N) is 1. The van der Waals surface area contributed by atoms with E-state index in [-0.39, 0.29) is 29.5 Å². The number of carbonyl (C=O) groups excluding carboxylic acids is 2. The summed E-state index contributed by atoms with van der Waals surface area (Å²) in [6.45, 7) is 2.16. The summed E-state index contributed by atoms with van der Waals surface area (Å²) in [5.74, 6) is -0.640. The maximum atomic E-state index is 11.5. The van der Waals surface area contributed by atoms with Crippen molar-refractivity contribution in [3.63, 3.8) is 0 Å². The van der Waals surface area contributed by atoms with E-state index in [0.717, 1.165) is 0 Å². The number of hydrogen-bond acceptors (Lipinski definition) is 4. The zero-order chi connectivity index (χ0) is 11.3. The molecular formula is C10H13N3O2. The Labute approximate surface area is 87.7 Å². The van der Waals surface area contributed by atoms with E-state index >= 15 is 0 Å². The maximum absolute atomic E-state index is 11.5. The molecule has 1 aromatic heterocycles. The molecule has 0 aliphatic carbocycles. The van der Waals surface area contributed by atoms with Crippen molar-refractivity contribution in [2.45, 2.75) is 6.92 Å². The van der Waals surface area contributed by atoms with Gasteiger partial charge in [0.25, 0.3) is 5.91 Å². The second kappa shape index (κ2) is 5.21.